The molecule has 0 aromatic heterocycles. The minimum absolute atomic E-state index is 0.195. The lowest BCUT2D eigenvalue weighted by Gasteiger charge is -2.22. The molecule has 2 atom stereocenters. The molecule has 1 aliphatic heterocycles. The maximum Gasteiger partial charge on any atom is 0.0557 e. The Balaban J connectivity index is 2.10. The van der Waals surface area contributed by atoms with Crippen molar-refractivity contribution in [2.45, 2.75) is 32.9 Å². The van der Waals surface area contributed by atoms with Gasteiger partial charge in [-0.2, -0.15) is 0 Å². The summed E-state index contributed by atoms with van der Waals surface area (Å²) in [6.45, 7) is 7.02. The molecule has 1 saturated heterocycles. The molecular formula is C15H24N2O. The first-order valence-electron chi connectivity index (χ1n) is 6.79. The highest BCUT2D eigenvalue weighted by molar-refractivity contribution is 5.55. The van der Waals surface area contributed by atoms with E-state index in [0.29, 0.717) is 5.92 Å². The smallest absolute Gasteiger partial charge is 0.0557 e. The van der Waals surface area contributed by atoms with Crippen LogP contribution in [0.2, 0.25) is 0 Å². The Morgan fingerprint density at radius 1 is 1.50 bits per heavy atom. The summed E-state index contributed by atoms with van der Waals surface area (Å²) >= 11 is 0. The van der Waals surface area contributed by atoms with Gasteiger partial charge in [-0.15, -0.1) is 0 Å². The molecule has 1 heterocycles. The molecule has 0 radical (unpaired) electrons. The molecule has 1 aliphatic rings. The van der Waals surface area contributed by atoms with Gasteiger partial charge < -0.3 is 15.3 Å². The number of benzene rings is 1. The fourth-order valence-corrected chi connectivity index (χ4v) is 2.79. The number of aryl methyl sites for hydroxylation is 1. The van der Waals surface area contributed by atoms with Crippen LogP contribution in [0.5, 0.6) is 0 Å². The number of rotatable bonds is 4. The summed E-state index contributed by atoms with van der Waals surface area (Å²) in [5.74, 6) is 0.418. The van der Waals surface area contributed by atoms with Crippen LogP contribution in [0, 0.1) is 12.8 Å². The number of anilines is 1. The topological polar surface area (TPSA) is 35.5 Å². The van der Waals surface area contributed by atoms with Gasteiger partial charge in [0, 0.05) is 31.2 Å². The lowest BCUT2D eigenvalue weighted by Crippen LogP contribution is -2.24. The summed E-state index contributed by atoms with van der Waals surface area (Å²) in [5, 5.41) is 12.8. The lowest BCUT2D eigenvalue weighted by molar-refractivity contribution is 0.136. The van der Waals surface area contributed by atoms with Gasteiger partial charge in [0.15, 0.2) is 0 Å². The maximum atomic E-state index is 9.67. The third-order valence-corrected chi connectivity index (χ3v) is 3.89. The lowest BCUT2D eigenvalue weighted by atomic mass is 10.0. The molecular weight excluding hydrogens is 224 g/mol. The predicted molar refractivity (Wildman–Crippen MR) is 75.9 cm³/mol. The van der Waals surface area contributed by atoms with E-state index in [2.05, 4.69) is 35.3 Å². The van der Waals surface area contributed by atoms with Crippen molar-refractivity contribution in [3.63, 3.8) is 0 Å². The van der Waals surface area contributed by atoms with E-state index in [1.54, 1.807) is 0 Å². The molecule has 18 heavy (non-hydrogen) atoms. The normalized spacial score (nSPS) is 21.3. The summed E-state index contributed by atoms with van der Waals surface area (Å²) in [6, 6.07) is 6.66. The molecule has 1 aromatic carbocycles. The van der Waals surface area contributed by atoms with Crippen molar-refractivity contribution in [1.82, 2.24) is 5.32 Å². The second kappa shape index (κ2) is 5.72. The predicted octanol–water partition coefficient (Wildman–Crippen LogP) is 1.92. The van der Waals surface area contributed by atoms with Gasteiger partial charge in [-0.25, -0.2) is 0 Å². The molecule has 1 aromatic rings. The second-order valence-electron chi connectivity index (χ2n) is 5.39. The summed E-state index contributed by atoms with van der Waals surface area (Å²) in [7, 11) is 1.97. The second-order valence-corrected chi connectivity index (χ2v) is 5.39. The van der Waals surface area contributed by atoms with Crippen molar-refractivity contribution in [1.29, 1.82) is 0 Å². The molecule has 0 spiro atoms. The van der Waals surface area contributed by atoms with Gasteiger partial charge in [-0.1, -0.05) is 12.1 Å². The van der Waals surface area contributed by atoms with Crippen LogP contribution in [0.1, 0.15) is 24.5 Å². The van der Waals surface area contributed by atoms with Crippen LogP contribution in [-0.4, -0.2) is 31.3 Å². The van der Waals surface area contributed by atoms with Crippen molar-refractivity contribution in [2.24, 2.45) is 5.92 Å². The van der Waals surface area contributed by atoms with Gasteiger partial charge >= 0.3 is 0 Å². The zero-order valence-electron chi connectivity index (χ0n) is 11.6. The van der Waals surface area contributed by atoms with E-state index in [4.69, 9.17) is 0 Å². The first-order valence-corrected chi connectivity index (χ1v) is 6.79. The molecule has 1 fully saturated rings. The number of aliphatic hydroxyl groups is 1. The van der Waals surface area contributed by atoms with Crippen molar-refractivity contribution in [2.75, 3.05) is 25.0 Å². The third-order valence-electron chi connectivity index (χ3n) is 3.89. The Hall–Kier alpha value is -1.06. The van der Waals surface area contributed by atoms with Crippen molar-refractivity contribution >= 4 is 5.69 Å². The Morgan fingerprint density at radius 2 is 2.28 bits per heavy atom. The number of hydrogen-bond acceptors (Lipinski definition) is 3. The van der Waals surface area contributed by atoms with E-state index in [9.17, 15) is 5.11 Å². The molecule has 0 aliphatic carbocycles. The van der Waals surface area contributed by atoms with E-state index in [0.717, 1.165) is 26.1 Å². The van der Waals surface area contributed by atoms with E-state index in [1.807, 2.05) is 14.0 Å². The quantitative estimate of drug-likeness (QED) is 0.854. The molecule has 3 heteroatoms. The van der Waals surface area contributed by atoms with Crippen molar-refractivity contribution < 1.29 is 5.11 Å². The van der Waals surface area contributed by atoms with Crippen molar-refractivity contribution in [3.05, 3.63) is 29.3 Å². The summed E-state index contributed by atoms with van der Waals surface area (Å²) in [4.78, 5) is 2.40. The summed E-state index contributed by atoms with van der Waals surface area (Å²) in [6.07, 6.45) is 0.897. The van der Waals surface area contributed by atoms with Gasteiger partial charge in [0.25, 0.3) is 0 Å². The summed E-state index contributed by atoms with van der Waals surface area (Å²) < 4.78 is 0. The van der Waals surface area contributed by atoms with Gasteiger partial charge in [0.2, 0.25) is 0 Å². The monoisotopic (exact) mass is 248 g/mol. The highest BCUT2D eigenvalue weighted by atomic mass is 16.3. The average Bonchev–Trinajstić information content (AvgIpc) is 2.79. The number of hydrogen-bond donors (Lipinski definition) is 2. The van der Waals surface area contributed by atoms with Crippen LogP contribution in [0.15, 0.2) is 18.2 Å². The van der Waals surface area contributed by atoms with Crippen LogP contribution in [-0.2, 0) is 6.54 Å². The van der Waals surface area contributed by atoms with E-state index in [1.165, 1.54) is 16.8 Å². The van der Waals surface area contributed by atoms with Crippen LogP contribution >= 0.6 is 0 Å². The molecule has 0 amide bonds. The zero-order valence-corrected chi connectivity index (χ0v) is 11.6. The van der Waals surface area contributed by atoms with E-state index >= 15 is 0 Å². The first-order chi connectivity index (χ1) is 8.61. The number of nitrogens with one attached hydrogen (secondary N) is 1. The Labute approximate surface area is 110 Å². The summed E-state index contributed by atoms with van der Waals surface area (Å²) in [5.41, 5.74) is 3.97. The minimum Gasteiger partial charge on any atom is -0.393 e. The largest absolute Gasteiger partial charge is 0.393 e. The van der Waals surface area contributed by atoms with Crippen LogP contribution in [0.4, 0.5) is 5.69 Å². The Morgan fingerprint density at radius 3 is 2.83 bits per heavy atom. The molecule has 2 N–H and O–H groups in total. The van der Waals surface area contributed by atoms with E-state index < -0.39 is 0 Å². The fourth-order valence-electron chi connectivity index (χ4n) is 2.79. The SMILES string of the molecule is CNCc1ccc(N2CCC(C(C)O)C2)c(C)c1. The average molecular weight is 248 g/mol. The number of aliphatic hydroxyl groups excluding tert-OH is 1. The highest BCUT2D eigenvalue weighted by Gasteiger charge is 2.26. The molecule has 0 bridgehead atoms. The first kappa shape index (κ1) is 13.4. The van der Waals surface area contributed by atoms with E-state index in [-0.39, 0.29) is 6.10 Å². The van der Waals surface area contributed by atoms with Gasteiger partial charge in [0.05, 0.1) is 6.10 Å². The number of nitrogens with zero attached hydrogens (tertiary/aromatic N) is 1. The van der Waals surface area contributed by atoms with Gasteiger partial charge in [-0.05, 0) is 44.5 Å². The maximum absolute atomic E-state index is 9.67. The minimum atomic E-state index is -0.195. The van der Waals surface area contributed by atoms with Crippen molar-refractivity contribution in [3.8, 4) is 0 Å². The van der Waals surface area contributed by atoms with Crippen LogP contribution in [0.3, 0.4) is 0 Å². The molecule has 2 unspecified atom stereocenters. The van der Waals surface area contributed by atoms with Crippen LogP contribution in [0.25, 0.3) is 0 Å². The zero-order chi connectivity index (χ0) is 13.1. The third kappa shape index (κ3) is 2.85. The van der Waals surface area contributed by atoms with Crippen LogP contribution < -0.4 is 10.2 Å². The van der Waals surface area contributed by atoms with Gasteiger partial charge in [-0.3, -0.25) is 0 Å². The highest BCUT2D eigenvalue weighted by Crippen LogP contribution is 2.28. The Bertz CT molecular complexity index is 403. The van der Waals surface area contributed by atoms with Gasteiger partial charge in [0.1, 0.15) is 0 Å². The standard InChI is InChI=1S/C15H24N2O/c1-11-8-13(9-16-3)4-5-15(11)17-7-6-14(10-17)12(2)18/h4-5,8,12,14,16,18H,6-7,9-10H2,1-3H3. The molecule has 0 saturated carbocycles. The molecule has 3 nitrogen and oxygen atoms in total. The molecule has 100 valence electrons. The Kier molecular flexibility index (Phi) is 4.25. The fraction of sp³-hybridized carbons (Fsp3) is 0.600. The molecule has 2 rings (SSSR count).